The molecule has 0 spiro atoms. The van der Waals surface area contributed by atoms with Crippen molar-refractivity contribution in [1.82, 2.24) is 14.7 Å². The maximum absolute atomic E-state index is 12.6. The molecule has 2 aromatic rings. The number of rotatable bonds is 7. The van der Waals surface area contributed by atoms with Gasteiger partial charge in [0.15, 0.2) is 5.69 Å². The molecule has 0 N–H and O–H groups in total. The summed E-state index contributed by atoms with van der Waals surface area (Å²) in [4.78, 5) is 14.1. The summed E-state index contributed by atoms with van der Waals surface area (Å²) in [7, 11) is 0. The van der Waals surface area contributed by atoms with Gasteiger partial charge in [0, 0.05) is 19.3 Å². The number of nitrogens with zero attached hydrogens (tertiary/aromatic N) is 3. The van der Waals surface area contributed by atoms with Crippen LogP contribution in [-0.2, 0) is 23.9 Å². The number of carbonyl (C=O) groups is 1. The molecule has 0 saturated carbocycles. The van der Waals surface area contributed by atoms with Gasteiger partial charge in [-0.3, -0.25) is 9.48 Å². The number of ether oxygens (including phenoxy) is 1. The molecule has 2 heterocycles. The molecule has 8 heteroatoms. The molecule has 1 aromatic heterocycles. The van der Waals surface area contributed by atoms with Crippen molar-refractivity contribution in [2.24, 2.45) is 5.92 Å². The van der Waals surface area contributed by atoms with Gasteiger partial charge in [-0.05, 0) is 62.3 Å². The predicted molar refractivity (Wildman–Crippen MR) is 102 cm³/mol. The zero-order chi connectivity index (χ0) is 20.9. The fourth-order valence-corrected chi connectivity index (χ4v) is 3.60. The SMILES string of the molecule is CCOc1ccc(CCC2CCN(C(=O)Cn3ccc(C(F)(F)F)n3)CC2)cc1. The lowest BCUT2D eigenvalue weighted by molar-refractivity contribution is -0.142. The number of alkyl halides is 3. The number of aryl methyl sites for hydroxylation is 1. The Hall–Kier alpha value is -2.51. The fourth-order valence-electron chi connectivity index (χ4n) is 3.60. The lowest BCUT2D eigenvalue weighted by Gasteiger charge is -2.32. The number of aromatic nitrogens is 2. The zero-order valence-corrected chi connectivity index (χ0v) is 16.5. The van der Waals surface area contributed by atoms with Crippen molar-refractivity contribution in [2.75, 3.05) is 19.7 Å². The molecule has 1 amide bonds. The lowest BCUT2D eigenvalue weighted by atomic mass is 9.90. The summed E-state index contributed by atoms with van der Waals surface area (Å²) in [5.74, 6) is 1.24. The van der Waals surface area contributed by atoms with Crippen LogP contribution in [0.2, 0.25) is 0 Å². The molecule has 5 nitrogen and oxygen atoms in total. The minimum atomic E-state index is -4.49. The molecular weight excluding hydrogens is 383 g/mol. The first-order valence-electron chi connectivity index (χ1n) is 9.95. The van der Waals surface area contributed by atoms with E-state index in [0.29, 0.717) is 25.6 Å². The Balaban J connectivity index is 1.41. The number of likely N-dealkylation sites (tertiary alicyclic amines) is 1. The van der Waals surface area contributed by atoms with Crippen LogP contribution in [0.4, 0.5) is 13.2 Å². The smallest absolute Gasteiger partial charge is 0.435 e. The Morgan fingerprint density at radius 1 is 1.17 bits per heavy atom. The fraction of sp³-hybridized carbons (Fsp3) is 0.524. The van der Waals surface area contributed by atoms with Crippen LogP contribution in [0.5, 0.6) is 5.75 Å². The Morgan fingerprint density at radius 2 is 1.86 bits per heavy atom. The highest BCUT2D eigenvalue weighted by atomic mass is 19.4. The van der Waals surface area contributed by atoms with E-state index in [1.807, 2.05) is 19.1 Å². The average molecular weight is 409 g/mol. The van der Waals surface area contributed by atoms with Gasteiger partial charge in [0.25, 0.3) is 0 Å². The molecule has 1 aliphatic rings. The third kappa shape index (κ3) is 5.98. The first kappa shape index (κ1) is 21.2. The van der Waals surface area contributed by atoms with Crippen LogP contribution < -0.4 is 4.74 Å². The monoisotopic (exact) mass is 409 g/mol. The van der Waals surface area contributed by atoms with Crippen LogP contribution in [0.15, 0.2) is 36.5 Å². The molecule has 0 atom stereocenters. The number of amides is 1. The maximum atomic E-state index is 12.6. The van der Waals surface area contributed by atoms with Gasteiger partial charge in [-0.1, -0.05) is 12.1 Å². The van der Waals surface area contributed by atoms with E-state index in [1.54, 1.807) is 4.90 Å². The normalized spacial score (nSPS) is 15.5. The molecule has 158 valence electrons. The number of carbonyl (C=O) groups excluding carboxylic acids is 1. The number of piperidine rings is 1. The van der Waals surface area contributed by atoms with E-state index in [-0.39, 0.29) is 12.5 Å². The van der Waals surface area contributed by atoms with E-state index >= 15 is 0 Å². The van der Waals surface area contributed by atoms with Crippen molar-refractivity contribution in [2.45, 2.75) is 45.3 Å². The third-order valence-corrected chi connectivity index (χ3v) is 5.27. The standard InChI is InChI=1S/C21H26F3N3O2/c1-2-29-18-7-5-16(6-8-18)3-4-17-9-12-26(13-10-17)20(28)15-27-14-11-19(25-27)21(22,23)24/h5-8,11,14,17H,2-4,9-10,12-13,15H2,1H3. The quantitative estimate of drug-likeness (QED) is 0.690. The van der Waals surface area contributed by atoms with Gasteiger partial charge in [0.05, 0.1) is 6.61 Å². The van der Waals surface area contributed by atoms with Gasteiger partial charge in [-0.25, -0.2) is 0 Å². The highest BCUT2D eigenvalue weighted by Crippen LogP contribution is 2.27. The van der Waals surface area contributed by atoms with E-state index in [2.05, 4.69) is 17.2 Å². The van der Waals surface area contributed by atoms with Gasteiger partial charge < -0.3 is 9.64 Å². The summed E-state index contributed by atoms with van der Waals surface area (Å²) < 4.78 is 44.3. The molecule has 0 bridgehead atoms. The van der Waals surface area contributed by atoms with Crippen LogP contribution in [0.25, 0.3) is 0 Å². The van der Waals surface area contributed by atoms with Crippen molar-refractivity contribution < 1.29 is 22.7 Å². The summed E-state index contributed by atoms with van der Waals surface area (Å²) in [5, 5.41) is 3.45. The van der Waals surface area contributed by atoms with Crippen molar-refractivity contribution >= 4 is 5.91 Å². The van der Waals surface area contributed by atoms with Crippen LogP contribution in [0.3, 0.4) is 0 Å². The highest BCUT2D eigenvalue weighted by molar-refractivity contribution is 5.76. The number of hydrogen-bond donors (Lipinski definition) is 0. The molecule has 1 saturated heterocycles. The molecule has 29 heavy (non-hydrogen) atoms. The van der Waals surface area contributed by atoms with Gasteiger partial charge in [-0.2, -0.15) is 18.3 Å². The lowest BCUT2D eigenvalue weighted by Crippen LogP contribution is -2.40. The number of benzene rings is 1. The van der Waals surface area contributed by atoms with Crippen LogP contribution >= 0.6 is 0 Å². The first-order valence-corrected chi connectivity index (χ1v) is 9.95. The van der Waals surface area contributed by atoms with Crippen molar-refractivity contribution in [3.05, 3.63) is 47.8 Å². The highest BCUT2D eigenvalue weighted by Gasteiger charge is 2.33. The van der Waals surface area contributed by atoms with Gasteiger partial charge in [0.2, 0.25) is 5.91 Å². The molecule has 3 rings (SSSR count). The Labute approximate surface area is 168 Å². The molecule has 0 aliphatic carbocycles. The summed E-state index contributed by atoms with van der Waals surface area (Å²) >= 11 is 0. The first-order chi connectivity index (χ1) is 13.8. The number of halogens is 3. The van der Waals surface area contributed by atoms with Crippen LogP contribution in [-0.4, -0.2) is 40.3 Å². The third-order valence-electron chi connectivity index (χ3n) is 5.27. The minimum absolute atomic E-state index is 0.160. The van der Waals surface area contributed by atoms with E-state index in [1.165, 1.54) is 11.8 Å². The second-order valence-electron chi connectivity index (χ2n) is 7.34. The molecule has 1 aromatic carbocycles. The van der Waals surface area contributed by atoms with Gasteiger partial charge in [-0.15, -0.1) is 0 Å². The second kappa shape index (κ2) is 9.33. The van der Waals surface area contributed by atoms with E-state index in [0.717, 1.165) is 42.2 Å². The topological polar surface area (TPSA) is 47.4 Å². The summed E-state index contributed by atoms with van der Waals surface area (Å²) in [6.45, 7) is 3.73. The summed E-state index contributed by atoms with van der Waals surface area (Å²) in [6, 6.07) is 9.03. The van der Waals surface area contributed by atoms with Crippen LogP contribution in [0, 0.1) is 5.92 Å². The van der Waals surface area contributed by atoms with Crippen LogP contribution in [0.1, 0.15) is 37.4 Å². The maximum Gasteiger partial charge on any atom is 0.435 e. The van der Waals surface area contributed by atoms with E-state index < -0.39 is 11.9 Å². The molecule has 1 fully saturated rings. The van der Waals surface area contributed by atoms with Crippen molar-refractivity contribution in [3.63, 3.8) is 0 Å². The van der Waals surface area contributed by atoms with Crippen molar-refractivity contribution in [3.8, 4) is 5.75 Å². The van der Waals surface area contributed by atoms with Gasteiger partial charge in [0.1, 0.15) is 12.3 Å². The van der Waals surface area contributed by atoms with E-state index in [9.17, 15) is 18.0 Å². The minimum Gasteiger partial charge on any atom is -0.494 e. The predicted octanol–water partition coefficient (Wildman–Crippen LogP) is 4.17. The van der Waals surface area contributed by atoms with E-state index in [4.69, 9.17) is 4.74 Å². The second-order valence-corrected chi connectivity index (χ2v) is 7.34. The summed E-state index contributed by atoms with van der Waals surface area (Å²) in [5.41, 5.74) is 0.296. The molecule has 0 unspecified atom stereocenters. The Kier molecular flexibility index (Phi) is 6.82. The largest absolute Gasteiger partial charge is 0.494 e. The summed E-state index contributed by atoms with van der Waals surface area (Å²) in [6.07, 6.45) is 0.578. The molecule has 0 radical (unpaired) electrons. The van der Waals surface area contributed by atoms with Crippen molar-refractivity contribution in [1.29, 1.82) is 0 Å². The van der Waals surface area contributed by atoms with Gasteiger partial charge >= 0.3 is 6.18 Å². The number of hydrogen-bond acceptors (Lipinski definition) is 3. The Morgan fingerprint density at radius 3 is 2.45 bits per heavy atom. The molecule has 1 aliphatic heterocycles. The average Bonchev–Trinajstić information content (AvgIpc) is 3.17. The zero-order valence-electron chi connectivity index (χ0n) is 16.5. The Bertz CT molecular complexity index is 794. The molecular formula is C21H26F3N3O2.